The van der Waals surface area contributed by atoms with Crippen LogP contribution in [0.4, 0.5) is 0 Å². The number of fused-ring (bicyclic) bond motifs is 1. The third kappa shape index (κ3) is 3.40. The van der Waals surface area contributed by atoms with Crippen LogP contribution in [0.1, 0.15) is 37.7 Å². The number of nitrogens with zero attached hydrogens (tertiary/aromatic N) is 2. The van der Waals surface area contributed by atoms with Crippen LogP contribution in [0.3, 0.4) is 0 Å². The second-order valence-electron chi connectivity index (χ2n) is 6.63. The molecule has 1 saturated carbocycles. The summed E-state index contributed by atoms with van der Waals surface area (Å²) in [6.45, 7) is 0. The molecule has 0 saturated heterocycles. The maximum Gasteiger partial charge on any atom is 0.196 e. The Kier molecular flexibility index (Phi) is 5.05. The first-order valence-electron chi connectivity index (χ1n) is 8.86. The summed E-state index contributed by atoms with van der Waals surface area (Å²) in [7, 11) is 0. The molecule has 5 heteroatoms. The average Bonchev–Trinajstić information content (AvgIpc) is 3.17. The average molecular weight is 379 g/mol. The zero-order valence-electron chi connectivity index (χ0n) is 14.3. The molecule has 3 aromatic rings. The smallest absolute Gasteiger partial charge is 0.196 e. The Balaban J connectivity index is 1.74. The summed E-state index contributed by atoms with van der Waals surface area (Å²) in [5.41, 5.74) is 2.72. The summed E-state index contributed by atoms with van der Waals surface area (Å²) in [6.07, 6.45) is 7.46. The predicted molar refractivity (Wildman–Crippen MR) is 107 cm³/mol. The zero-order valence-corrected chi connectivity index (χ0v) is 15.9. The number of nitriles is 1. The number of hydrogen-bond donors (Lipinski definition) is 0. The molecule has 0 unspecified atom stereocenters. The summed E-state index contributed by atoms with van der Waals surface area (Å²) in [5, 5.41) is 10.4. The first-order chi connectivity index (χ1) is 12.8. The fraction of sp³-hybridized carbons (Fsp3) is 0.286. The molecule has 26 heavy (non-hydrogen) atoms. The zero-order chi connectivity index (χ0) is 17.9. The molecule has 0 aliphatic heterocycles. The van der Waals surface area contributed by atoms with Gasteiger partial charge >= 0.3 is 0 Å². The Morgan fingerprint density at radius 1 is 1.12 bits per heavy atom. The number of carbonyl (C=O) groups is 1. The van der Waals surface area contributed by atoms with Crippen LogP contribution in [0, 0.1) is 17.2 Å². The lowest BCUT2D eigenvalue weighted by Gasteiger charge is -2.20. The van der Waals surface area contributed by atoms with E-state index in [0.717, 1.165) is 51.8 Å². The van der Waals surface area contributed by atoms with Crippen LogP contribution in [0.25, 0.3) is 21.2 Å². The lowest BCUT2D eigenvalue weighted by Crippen LogP contribution is -2.14. The van der Waals surface area contributed by atoms with E-state index in [-0.39, 0.29) is 11.0 Å². The van der Waals surface area contributed by atoms with Crippen molar-refractivity contribution in [3.63, 3.8) is 0 Å². The van der Waals surface area contributed by atoms with Crippen molar-refractivity contribution in [2.45, 2.75) is 37.0 Å². The Bertz CT molecular complexity index is 979. The number of benzene rings is 2. The van der Waals surface area contributed by atoms with Crippen molar-refractivity contribution in [1.82, 2.24) is 4.37 Å². The van der Waals surface area contributed by atoms with Gasteiger partial charge in [0.15, 0.2) is 5.12 Å². The van der Waals surface area contributed by atoms with Crippen LogP contribution >= 0.6 is 23.3 Å². The van der Waals surface area contributed by atoms with Crippen LogP contribution < -0.4 is 0 Å². The van der Waals surface area contributed by atoms with E-state index >= 15 is 0 Å². The lowest BCUT2D eigenvalue weighted by molar-refractivity contribution is -0.115. The molecular weight excluding hydrogens is 360 g/mol. The molecule has 1 aliphatic carbocycles. The molecule has 0 bridgehead atoms. The van der Waals surface area contributed by atoms with Crippen molar-refractivity contribution in [3.05, 3.63) is 48.2 Å². The number of hydrogen-bond acceptors (Lipinski definition) is 5. The quantitative estimate of drug-likeness (QED) is 0.522. The van der Waals surface area contributed by atoms with Crippen molar-refractivity contribution < 1.29 is 4.79 Å². The van der Waals surface area contributed by atoms with Crippen molar-refractivity contribution in [2.24, 2.45) is 5.92 Å². The monoisotopic (exact) mass is 378 g/mol. The van der Waals surface area contributed by atoms with E-state index in [2.05, 4.69) is 10.4 Å². The molecule has 1 aromatic heterocycles. The molecule has 0 atom stereocenters. The van der Waals surface area contributed by atoms with Crippen LogP contribution in [0.5, 0.6) is 0 Å². The van der Waals surface area contributed by atoms with Gasteiger partial charge in [0.25, 0.3) is 0 Å². The second kappa shape index (κ2) is 7.61. The fourth-order valence-corrected chi connectivity index (χ4v) is 5.48. The van der Waals surface area contributed by atoms with Gasteiger partial charge in [-0.2, -0.15) is 9.64 Å². The molecule has 130 valence electrons. The number of rotatable bonds is 3. The molecule has 3 nitrogen and oxygen atoms in total. The van der Waals surface area contributed by atoms with Crippen LogP contribution in [0.15, 0.2) is 47.5 Å². The van der Waals surface area contributed by atoms with Crippen LogP contribution in [-0.2, 0) is 4.79 Å². The van der Waals surface area contributed by atoms with Gasteiger partial charge in [0.2, 0.25) is 0 Å². The molecule has 2 aromatic carbocycles. The minimum absolute atomic E-state index is 0.180. The van der Waals surface area contributed by atoms with E-state index in [1.165, 1.54) is 29.7 Å². The van der Waals surface area contributed by atoms with Gasteiger partial charge in [0, 0.05) is 28.0 Å². The Morgan fingerprint density at radius 3 is 2.62 bits per heavy atom. The highest BCUT2D eigenvalue weighted by Crippen LogP contribution is 2.41. The third-order valence-corrected chi connectivity index (χ3v) is 6.87. The maximum atomic E-state index is 12.8. The lowest BCUT2D eigenvalue weighted by atomic mass is 9.90. The van der Waals surface area contributed by atoms with Crippen molar-refractivity contribution in [2.75, 3.05) is 0 Å². The van der Waals surface area contributed by atoms with E-state index < -0.39 is 0 Å². The van der Waals surface area contributed by atoms with Gasteiger partial charge in [-0.1, -0.05) is 49.2 Å². The fourth-order valence-electron chi connectivity index (χ4n) is 3.52. The Labute approximate surface area is 161 Å². The molecule has 1 heterocycles. The topological polar surface area (TPSA) is 53.8 Å². The van der Waals surface area contributed by atoms with E-state index in [9.17, 15) is 4.79 Å². The number of aromatic nitrogens is 1. The second-order valence-corrected chi connectivity index (χ2v) is 8.48. The predicted octanol–water partition coefficient (Wildman–Crippen LogP) is 6.03. The number of carbonyl (C=O) groups excluding carboxylic acids is 1. The highest BCUT2D eigenvalue weighted by atomic mass is 32.2. The van der Waals surface area contributed by atoms with E-state index in [1.807, 2.05) is 42.6 Å². The van der Waals surface area contributed by atoms with Gasteiger partial charge in [0.1, 0.15) is 0 Å². The maximum absolute atomic E-state index is 12.8. The standard InChI is InChI=1S/C21H18N2OS2/c22-12-14-6-8-15(9-7-14)19-18(11-10-17-13-23-26-20(17)19)25-21(24)16-4-2-1-3-5-16/h6-11,13,16H,1-5H2. The highest BCUT2D eigenvalue weighted by molar-refractivity contribution is 8.13. The summed E-state index contributed by atoms with van der Waals surface area (Å²) in [5.74, 6) is 0.180. The third-order valence-electron chi connectivity index (χ3n) is 4.94. The normalized spacial score (nSPS) is 15.0. The SMILES string of the molecule is N#Cc1ccc(-c2c(SC(=O)C3CCCCC3)ccc3cnsc23)cc1. The van der Waals surface area contributed by atoms with Gasteiger partial charge in [-0.15, -0.1) is 0 Å². The largest absolute Gasteiger partial charge is 0.287 e. The summed E-state index contributed by atoms with van der Waals surface area (Å²) in [6, 6.07) is 13.8. The molecule has 0 amide bonds. The molecular formula is C21H18N2OS2. The summed E-state index contributed by atoms with van der Waals surface area (Å²) < 4.78 is 5.42. The first kappa shape index (κ1) is 17.3. The highest BCUT2D eigenvalue weighted by Gasteiger charge is 2.24. The molecule has 1 aliphatic rings. The van der Waals surface area contributed by atoms with Crippen molar-refractivity contribution in [3.8, 4) is 17.2 Å². The van der Waals surface area contributed by atoms with Crippen LogP contribution in [-0.4, -0.2) is 9.49 Å². The minimum atomic E-state index is 0.180. The van der Waals surface area contributed by atoms with Crippen molar-refractivity contribution >= 4 is 38.5 Å². The van der Waals surface area contributed by atoms with E-state index in [4.69, 9.17) is 5.26 Å². The number of thioether (sulfide) groups is 1. The molecule has 0 N–H and O–H groups in total. The first-order valence-corrected chi connectivity index (χ1v) is 10.4. The molecule has 0 spiro atoms. The minimum Gasteiger partial charge on any atom is -0.287 e. The molecule has 4 rings (SSSR count). The van der Waals surface area contributed by atoms with E-state index in [0.29, 0.717) is 5.56 Å². The van der Waals surface area contributed by atoms with Gasteiger partial charge in [0.05, 0.1) is 16.3 Å². The van der Waals surface area contributed by atoms with Gasteiger partial charge in [-0.05, 0) is 48.1 Å². The van der Waals surface area contributed by atoms with Gasteiger partial charge in [-0.3, -0.25) is 4.79 Å². The van der Waals surface area contributed by atoms with Crippen LogP contribution in [0.2, 0.25) is 0 Å². The summed E-state index contributed by atoms with van der Waals surface area (Å²) in [4.78, 5) is 13.8. The Hall–Kier alpha value is -2.16. The van der Waals surface area contributed by atoms with Gasteiger partial charge in [-0.25, -0.2) is 0 Å². The Morgan fingerprint density at radius 2 is 1.88 bits per heavy atom. The molecule has 1 fully saturated rings. The summed E-state index contributed by atoms with van der Waals surface area (Å²) >= 11 is 2.83. The van der Waals surface area contributed by atoms with Crippen molar-refractivity contribution in [1.29, 1.82) is 5.26 Å². The van der Waals surface area contributed by atoms with Gasteiger partial charge < -0.3 is 0 Å². The van der Waals surface area contributed by atoms with E-state index in [1.54, 1.807) is 0 Å². The molecule has 0 radical (unpaired) electrons.